The molecule has 0 amide bonds. The second-order valence-corrected chi connectivity index (χ2v) is 3.53. The number of carboxylic acid groups (broad SMARTS) is 1. The minimum Gasteiger partial charge on any atom is -0.480 e. The highest BCUT2D eigenvalue weighted by atomic mass is 16.4. The second kappa shape index (κ2) is 5.34. The normalized spacial score (nSPS) is 12.1. The van der Waals surface area contributed by atoms with Crippen LogP contribution in [-0.2, 0) is 11.3 Å². The van der Waals surface area contributed by atoms with Gasteiger partial charge in [-0.2, -0.15) is 0 Å². The molecule has 1 aromatic heterocycles. The van der Waals surface area contributed by atoms with Gasteiger partial charge in [-0.25, -0.2) is 4.57 Å². The summed E-state index contributed by atoms with van der Waals surface area (Å²) in [7, 11) is 0. The molecule has 0 aliphatic heterocycles. The van der Waals surface area contributed by atoms with Crippen molar-refractivity contribution in [3.05, 3.63) is 24.5 Å². The van der Waals surface area contributed by atoms with Crippen LogP contribution in [0.1, 0.15) is 20.3 Å². The molecule has 0 aliphatic carbocycles. The molecule has 0 unspecified atom stereocenters. The second-order valence-electron chi connectivity index (χ2n) is 3.53. The average molecular weight is 209 g/mol. The monoisotopic (exact) mass is 209 g/mol. The number of nitrogens with one attached hydrogen (secondary N) is 1. The van der Waals surface area contributed by atoms with Crippen LogP contribution >= 0.6 is 0 Å². The summed E-state index contributed by atoms with van der Waals surface area (Å²) < 4.78 is 2.07. The van der Waals surface area contributed by atoms with Crippen molar-refractivity contribution in [2.45, 2.75) is 32.9 Å². The highest BCUT2D eigenvalue weighted by Gasteiger charge is 2.10. The van der Waals surface area contributed by atoms with Crippen LogP contribution in [0.2, 0.25) is 0 Å². The van der Waals surface area contributed by atoms with Gasteiger partial charge in [0.15, 0.2) is 12.4 Å². The molecule has 15 heavy (non-hydrogen) atoms. The Bertz CT molecular complexity index is 322. The van der Waals surface area contributed by atoms with Gasteiger partial charge in [0.1, 0.15) is 12.6 Å². The Kier molecular flexibility index (Phi) is 4.09. The molecular weight excluding hydrogens is 192 g/mol. The number of aryl methyl sites for hydroxylation is 1. The van der Waals surface area contributed by atoms with Gasteiger partial charge in [0, 0.05) is 24.2 Å². The van der Waals surface area contributed by atoms with Crippen LogP contribution in [0.5, 0.6) is 0 Å². The van der Waals surface area contributed by atoms with E-state index in [-0.39, 0.29) is 0 Å². The lowest BCUT2D eigenvalue weighted by molar-refractivity contribution is -0.696. The Morgan fingerprint density at radius 2 is 2.13 bits per heavy atom. The van der Waals surface area contributed by atoms with Crippen molar-refractivity contribution in [3.8, 4) is 0 Å². The summed E-state index contributed by atoms with van der Waals surface area (Å²) in [6, 6.07) is 3.21. The predicted octanol–water partition coefficient (Wildman–Crippen LogP) is 1.27. The molecule has 0 aromatic carbocycles. The van der Waals surface area contributed by atoms with Crippen molar-refractivity contribution < 1.29 is 14.5 Å². The Balaban J connectivity index is 2.60. The fourth-order valence-corrected chi connectivity index (χ4v) is 1.27. The third-order valence-electron chi connectivity index (χ3n) is 2.13. The number of carbonyl (C=O) groups is 1. The summed E-state index contributed by atoms with van der Waals surface area (Å²) in [4.78, 5) is 10.6. The van der Waals surface area contributed by atoms with Crippen molar-refractivity contribution in [2.24, 2.45) is 0 Å². The van der Waals surface area contributed by atoms with Crippen LogP contribution in [0.25, 0.3) is 0 Å². The molecule has 1 aromatic rings. The van der Waals surface area contributed by atoms with E-state index in [9.17, 15) is 4.79 Å². The van der Waals surface area contributed by atoms with Crippen LogP contribution in [0, 0.1) is 0 Å². The van der Waals surface area contributed by atoms with Gasteiger partial charge in [-0.3, -0.25) is 4.79 Å². The number of rotatable bonds is 5. The van der Waals surface area contributed by atoms with E-state index in [2.05, 4.69) is 16.8 Å². The fraction of sp³-hybridized carbons (Fsp3) is 0.455. The molecule has 4 heteroatoms. The number of hydrogen-bond donors (Lipinski definition) is 2. The van der Waals surface area contributed by atoms with Gasteiger partial charge in [-0.1, -0.05) is 6.92 Å². The summed E-state index contributed by atoms with van der Waals surface area (Å²) in [5.74, 6) is -0.847. The third-order valence-corrected chi connectivity index (χ3v) is 2.13. The number of aliphatic carboxylic acids is 1. The van der Waals surface area contributed by atoms with E-state index in [0.29, 0.717) is 0 Å². The van der Waals surface area contributed by atoms with E-state index < -0.39 is 12.0 Å². The Hall–Kier alpha value is -1.58. The molecular formula is C11H17N2O2+. The van der Waals surface area contributed by atoms with Crippen molar-refractivity contribution in [2.75, 3.05) is 5.32 Å². The van der Waals surface area contributed by atoms with Crippen molar-refractivity contribution in [1.29, 1.82) is 0 Å². The Labute approximate surface area is 89.6 Å². The molecule has 0 saturated carbocycles. The summed E-state index contributed by atoms with van der Waals surface area (Å²) in [5.41, 5.74) is 0.831. The number of hydrogen-bond acceptors (Lipinski definition) is 2. The highest BCUT2D eigenvalue weighted by Crippen LogP contribution is 2.04. The van der Waals surface area contributed by atoms with Gasteiger partial charge < -0.3 is 10.4 Å². The van der Waals surface area contributed by atoms with Gasteiger partial charge in [-0.15, -0.1) is 0 Å². The van der Waals surface area contributed by atoms with Crippen molar-refractivity contribution in [3.63, 3.8) is 0 Å². The lowest BCUT2D eigenvalue weighted by Crippen LogP contribution is -2.32. The first-order valence-corrected chi connectivity index (χ1v) is 5.12. The van der Waals surface area contributed by atoms with Gasteiger partial charge in [0.25, 0.3) is 0 Å². The third kappa shape index (κ3) is 3.58. The highest BCUT2D eigenvalue weighted by molar-refractivity contribution is 5.76. The lowest BCUT2D eigenvalue weighted by atomic mass is 10.3. The van der Waals surface area contributed by atoms with E-state index in [0.717, 1.165) is 18.7 Å². The summed E-state index contributed by atoms with van der Waals surface area (Å²) >= 11 is 0. The topological polar surface area (TPSA) is 53.2 Å². The zero-order valence-electron chi connectivity index (χ0n) is 9.10. The maximum Gasteiger partial charge on any atom is 0.325 e. The number of anilines is 1. The van der Waals surface area contributed by atoms with E-state index >= 15 is 0 Å². The maximum absolute atomic E-state index is 10.6. The molecule has 0 fully saturated rings. The number of nitrogens with zero attached hydrogens (tertiary/aromatic N) is 1. The number of aromatic nitrogens is 1. The summed E-state index contributed by atoms with van der Waals surface area (Å²) in [6.45, 7) is 4.72. The average Bonchev–Trinajstić information content (AvgIpc) is 2.21. The van der Waals surface area contributed by atoms with E-state index in [1.54, 1.807) is 6.92 Å². The van der Waals surface area contributed by atoms with Gasteiger partial charge in [0.2, 0.25) is 0 Å². The molecule has 0 radical (unpaired) electrons. The molecule has 0 saturated heterocycles. The van der Waals surface area contributed by atoms with E-state index in [1.165, 1.54) is 0 Å². The van der Waals surface area contributed by atoms with E-state index in [1.807, 2.05) is 24.5 Å². The first-order chi connectivity index (χ1) is 7.13. The lowest BCUT2D eigenvalue weighted by Gasteiger charge is -2.09. The first-order valence-electron chi connectivity index (χ1n) is 5.12. The molecule has 1 rings (SSSR count). The molecule has 4 nitrogen and oxygen atoms in total. The zero-order chi connectivity index (χ0) is 11.3. The summed E-state index contributed by atoms with van der Waals surface area (Å²) in [6.07, 6.45) is 4.98. The number of carboxylic acids is 1. The maximum atomic E-state index is 10.6. The molecule has 82 valence electrons. The van der Waals surface area contributed by atoms with Crippen molar-refractivity contribution in [1.82, 2.24) is 0 Å². The zero-order valence-corrected chi connectivity index (χ0v) is 9.10. The van der Waals surface area contributed by atoms with E-state index in [4.69, 9.17) is 5.11 Å². The van der Waals surface area contributed by atoms with Crippen LogP contribution in [0.15, 0.2) is 24.5 Å². The minimum atomic E-state index is -0.847. The van der Waals surface area contributed by atoms with Crippen molar-refractivity contribution >= 4 is 11.7 Å². The number of pyridine rings is 1. The van der Waals surface area contributed by atoms with Gasteiger partial charge in [-0.05, 0) is 6.92 Å². The van der Waals surface area contributed by atoms with Crippen LogP contribution in [0.3, 0.4) is 0 Å². The minimum absolute atomic E-state index is 0.563. The molecule has 0 spiro atoms. The standard InChI is InChI=1S/C11H16N2O2/c1-3-6-13-7-4-10(5-8-13)12-9(2)11(14)15/h4-5,7-9H,3,6H2,1-2H3,(H,14,15)/p+1/t9-/m1/s1. The van der Waals surface area contributed by atoms with Crippen LogP contribution in [-0.4, -0.2) is 17.1 Å². The molecule has 0 bridgehead atoms. The van der Waals surface area contributed by atoms with Crippen LogP contribution in [0.4, 0.5) is 5.69 Å². The van der Waals surface area contributed by atoms with Gasteiger partial charge >= 0.3 is 5.97 Å². The smallest absolute Gasteiger partial charge is 0.325 e. The Morgan fingerprint density at radius 1 is 1.53 bits per heavy atom. The summed E-state index contributed by atoms with van der Waals surface area (Å²) in [5, 5.41) is 11.6. The molecule has 1 heterocycles. The fourth-order valence-electron chi connectivity index (χ4n) is 1.27. The van der Waals surface area contributed by atoms with Gasteiger partial charge in [0.05, 0.1) is 0 Å². The first kappa shape index (κ1) is 11.5. The molecule has 0 aliphatic rings. The van der Waals surface area contributed by atoms with Crippen LogP contribution < -0.4 is 9.88 Å². The quantitative estimate of drug-likeness (QED) is 0.718. The predicted molar refractivity (Wildman–Crippen MR) is 57.6 cm³/mol. The molecule has 1 atom stereocenters. The molecule has 2 N–H and O–H groups in total. The SMILES string of the molecule is CCC[n+]1ccc(N[C@H](C)C(=O)O)cc1. The Morgan fingerprint density at radius 3 is 2.60 bits per heavy atom. The largest absolute Gasteiger partial charge is 0.480 e.